The van der Waals surface area contributed by atoms with Crippen LogP contribution in [0.1, 0.15) is 44.4 Å². The molecular weight excluding hydrogens is 318 g/mol. The number of hydrogen-bond donors (Lipinski definition) is 0. The van der Waals surface area contributed by atoms with Crippen LogP contribution < -0.4 is 4.74 Å². The third-order valence-corrected chi connectivity index (χ3v) is 4.48. The van der Waals surface area contributed by atoms with Crippen molar-refractivity contribution in [3.05, 3.63) is 64.8 Å². The van der Waals surface area contributed by atoms with Gasteiger partial charge in [-0.2, -0.15) is 0 Å². The normalized spacial score (nSPS) is 11.2. The van der Waals surface area contributed by atoms with Crippen molar-refractivity contribution in [2.75, 3.05) is 0 Å². The van der Waals surface area contributed by atoms with E-state index in [1.807, 2.05) is 48.5 Å². The molecule has 24 heavy (non-hydrogen) atoms. The number of rotatable bonds is 5. The van der Waals surface area contributed by atoms with E-state index in [4.69, 9.17) is 21.3 Å². The molecule has 0 spiro atoms. The van der Waals surface area contributed by atoms with Gasteiger partial charge in [0.25, 0.3) is 0 Å². The number of pyridine rings is 1. The fourth-order valence-electron chi connectivity index (χ4n) is 2.91. The van der Waals surface area contributed by atoms with Crippen molar-refractivity contribution >= 4 is 22.5 Å². The number of hydrogen-bond acceptors (Lipinski definition) is 2. The summed E-state index contributed by atoms with van der Waals surface area (Å²) in [5, 5.41) is 1.77. The molecule has 0 atom stereocenters. The Balaban J connectivity index is 2.08. The highest BCUT2D eigenvalue weighted by atomic mass is 35.5. The van der Waals surface area contributed by atoms with E-state index < -0.39 is 0 Å². The predicted molar refractivity (Wildman–Crippen MR) is 101 cm³/mol. The molecule has 1 aromatic heterocycles. The molecule has 0 radical (unpaired) electrons. The number of fused-ring (bicyclic) bond motifs is 1. The number of aromatic nitrogens is 1. The monoisotopic (exact) mass is 339 g/mol. The van der Waals surface area contributed by atoms with Gasteiger partial charge in [0, 0.05) is 11.1 Å². The fraction of sp³-hybridized carbons (Fsp3) is 0.286. The lowest BCUT2D eigenvalue weighted by molar-refractivity contribution is 0.483. The average molecular weight is 340 g/mol. The molecule has 2 nitrogen and oxygen atoms in total. The Bertz CT molecular complexity index is 843. The first-order valence-corrected chi connectivity index (χ1v) is 8.83. The van der Waals surface area contributed by atoms with Crippen LogP contribution in [0.25, 0.3) is 10.9 Å². The lowest BCUT2D eigenvalue weighted by Gasteiger charge is -2.16. The Kier molecular flexibility index (Phi) is 5.06. The Hall–Kier alpha value is -2.06. The summed E-state index contributed by atoms with van der Waals surface area (Å²) in [4.78, 5) is 4.86. The third kappa shape index (κ3) is 3.39. The van der Waals surface area contributed by atoms with Crippen molar-refractivity contribution < 1.29 is 4.74 Å². The Morgan fingerprint density at radius 3 is 2.46 bits per heavy atom. The van der Waals surface area contributed by atoms with E-state index in [0.717, 1.165) is 46.0 Å². The van der Waals surface area contributed by atoms with Crippen LogP contribution in [0.2, 0.25) is 5.02 Å². The molecule has 1 heterocycles. The van der Waals surface area contributed by atoms with E-state index in [1.54, 1.807) is 0 Å². The average Bonchev–Trinajstić information content (AvgIpc) is 2.58. The molecule has 2 aromatic carbocycles. The van der Waals surface area contributed by atoms with Gasteiger partial charge >= 0.3 is 0 Å². The highest BCUT2D eigenvalue weighted by Gasteiger charge is 2.16. The first kappa shape index (κ1) is 16.8. The van der Waals surface area contributed by atoms with Crippen LogP contribution >= 0.6 is 11.6 Å². The Morgan fingerprint density at radius 2 is 1.79 bits per heavy atom. The predicted octanol–water partition coefficient (Wildman–Crippen LogP) is 6.76. The van der Waals surface area contributed by atoms with E-state index in [1.165, 1.54) is 5.56 Å². The van der Waals surface area contributed by atoms with Crippen molar-refractivity contribution in [2.24, 2.45) is 0 Å². The van der Waals surface area contributed by atoms with Gasteiger partial charge in [-0.3, -0.25) is 4.98 Å². The van der Waals surface area contributed by atoms with E-state index >= 15 is 0 Å². The zero-order valence-electron chi connectivity index (χ0n) is 14.3. The van der Waals surface area contributed by atoms with Crippen molar-refractivity contribution in [2.45, 2.75) is 39.5 Å². The van der Waals surface area contributed by atoms with Gasteiger partial charge in [0.1, 0.15) is 11.5 Å². The van der Waals surface area contributed by atoms with Gasteiger partial charge in [-0.1, -0.05) is 57.0 Å². The molecule has 0 aliphatic heterocycles. The van der Waals surface area contributed by atoms with Crippen LogP contribution in [0, 0.1) is 0 Å². The second-order valence-electron chi connectivity index (χ2n) is 6.29. The fourth-order valence-corrected chi connectivity index (χ4v) is 3.26. The Labute approximate surface area is 148 Å². The second-order valence-corrected chi connectivity index (χ2v) is 6.67. The molecule has 0 unspecified atom stereocenters. The Morgan fingerprint density at radius 1 is 1.04 bits per heavy atom. The first-order valence-electron chi connectivity index (χ1n) is 8.45. The summed E-state index contributed by atoms with van der Waals surface area (Å²) in [5.41, 5.74) is 3.19. The second kappa shape index (κ2) is 7.23. The van der Waals surface area contributed by atoms with Gasteiger partial charge in [-0.05, 0) is 48.2 Å². The van der Waals surface area contributed by atoms with Crippen molar-refractivity contribution in [1.29, 1.82) is 0 Å². The molecule has 3 heteroatoms. The van der Waals surface area contributed by atoms with E-state index in [2.05, 4.69) is 20.8 Å². The molecule has 124 valence electrons. The molecule has 0 saturated heterocycles. The molecule has 0 aliphatic rings. The molecule has 3 aromatic rings. The smallest absolute Gasteiger partial charge is 0.128 e. The van der Waals surface area contributed by atoms with Crippen LogP contribution in [0.5, 0.6) is 11.5 Å². The van der Waals surface area contributed by atoms with Crippen LogP contribution in [-0.4, -0.2) is 4.98 Å². The van der Waals surface area contributed by atoms with Crippen molar-refractivity contribution in [1.82, 2.24) is 4.98 Å². The molecule has 0 saturated carbocycles. The molecule has 0 fully saturated rings. The summed E-state index contributed by atoms with van der Waals surface area (Å²) >= 11 is 6.75. The van der Waals surface area contributed by atoms with E-state index in [0.29, 0.717) is 5.92 Å². The van der Waals surface area contributed by atoms with Gasteiger partial charge in [0.15, 0.2) is 0 Å². The largest absolute Gasteiger partial charge is 0.457 e. The minimum atomic E-state index is 0.355. The minimum absolute atomic E-state index is 0.355. The van der Waals surface area contributed by atoms with E-state index in [9.17, 15) is 0 Å². The lowest BCUT2D eigenvalue weighted by Crippen LogP contribution is -2.02. The zero-order valence-corrected chi connectivity index (χ0v) is 15.1. The van der Waals surface area contributed by atoms with Crippen LogP contribution in [-0.2, 0) is 6.42 Å². The summed E-state index contributed by atoms with van der Waals surface area (Å²) in [6.45, 7) is 6.49. The number of halogens is 1. The minimum Gasteiger partial charge on any atom is -0.457 e. The quantitative estimate of drug-likeness (QED) is 0.512. The number of nitrogens with zero attached hydrogens (tertiary/aromatic N) is 1. The molecule has 0 amide bonds. The van der Waals surface area contributed by atoms with Gasteiger partial charge < -0.3 is 4.74 Å². The van der Waals surface area contributed by atoms with Gasteiger partial charge in [-0.15, -0.1) is 0 Å². The lowest BCUT2D eigenvalue weighted by atomic mass is 9.98. The molecule has 0 N–H and O–H groups in total. The highest BCUT2D eigenvalue weighted by Crippen LogP contribution is 2.35. The number of para-hydroxylation sites is 1. The van der Waals surface area contributed by atoms with Crippen LogP contribution in [0.3, 0.4) is 0 Å². The van der Waals surface area contributed by atoms with Gasteiger partial charge in [0.05, 0.1) is 10.5 Å². The van der Waals surface area contributed by atoms with Crippen LogP contribution in [0.4, 0.5) is 0 Å². The topological polar surface area (TPSA) is 22.1 Å². The highest BCUT2D eigenvalue weighted by molar-refractivity contribution is 6.36. The summed E-state index contributed by atoms with van der Waals surface area (Å²) in [7, 11) is 0. The molecular formula is C21H22ClNO. The summed E-state index contributed by atoms with van der Waals surface area (Å²) in [5.74, 6) is 1.94. The maximum Gasteiger partial charge on any atom is 0.128 e. The summed E-state index contributed by atoms with van der Waals surface area (Å²) < 4.78 is 5.93. The SMILES string of the molecule is CCCc1c(C(C)C)nc2ccc(Oc3ccccc3)cc2c1Cl. The summed E-state index contributed by atoms with van der Waals surface area (Å²) in [6.07, 6.45) is 1.99. The van der Waals surface area contributed by atoms with Crippen molar-refractivity contribution in [3.8, 4) is 11.5 Å². The molecule has 0 bridgehead atoms. The van der Waals surface area contributed by atoms with Gasteiger partial charge in [0.2, 0.25) is 0 Å². The van der Waals surface area contributed by atoms with Gasteiger partial charge in [-0.25, -0.2) is 0 Å². The maximum atomic E-state index is 6.75. The zero-order chi connectivity index (χ0) is 17.1. The van der Waals surface area contributed by atoms with Crippen molar-refractivity contribution in [3.63, 3.8) is 0 Å². The number of benzene rings is 2. The summed E-state index contributed by atoms with van der Waals surface area (Å²) in [6, 6.07) is 15.7. The van der Waals surface area contributed by atoms with Crippen LogP contribution in [0.15, 0.2) is 48.5 Å². The third-order valence-electron chi connectivity index (χ3n) is 4.05. The van der Waals surface area contributed by atoms with E-state index in [-0.39, 0.29) is 0 Å². The number of ether oxygens (including phenoxy) is 1. The molecule has 0 aliphatic carbocycles. The standard InChI is InChI=1S/C21H22ClNO/c1-4-8-17-20(22)18-13-16(24-15-9-6-5-7-10-15)11-12-19(18)23-21(17)14(2)3/h5-7,9-14H,4,8H2,1-3H3. The maximum absolute atomic E-state index is 6.75. The molecule has 3 rings (SSSR count). The first-order chi connectivity index (χ1) is 11.6.